The highest BCUT2D eigenvalue weighted by Crippen LogP contribution is 2.34. The molecule has 0 fully saturated rings. The van der Waals surface area contributed by atoms with Crippen LogP contribution in [0.5, 0.6) is 0 Å². The Balaban J connectivity index is 2.24. The van der Waals surface area contributed by atoms with E-state index in [4.69, 9.17) is 5.11 Å². The van der Waals surface area contributed by atoms with Gasteiger partial charge < -0.3 is 10.4 Å². The van der Waals surface area contributed by atoms with E-state index in [0.29, 0.717) is 6.54 Å². The van der Waals surface area contributed by atoms with Gasteiger partial charge in [0.25, 0.3) is 0 Å². The number of rotatable bonds is 4. The van der Waals surface area contributed by atoms with Crippen molar-refractivity contribution in [2.45, 2.75) is 12.7 Å². The molecule has 6 heteroatoms. The second-order valence-electron chi connectivity index (χ2n) is 4.40. The fourth-order valence-corrected chi connectivity index (χ4v) is 1.88. The quantitative estimate of drug-likeness (QED) is 0.895. The highest BCUT2D eigenvalue weighted by atomic mass is 19.4. The largest absolute Gasteiger partial charge is 0.478 e. The summed E-state index contributed by atoms with van der Waals surface area (Å²) in [5.41, 5.74) is -0.787. The van der Waals surface area contributed by atoms with Crippen molar-refractivity contribution in [2.75, 3.05) is 5.32 Å². The Hall–Kier alpha value is -2.50. The first kappa shape index (κ1) is 14.9. The molecule has 2 aromatic carbocycles. The van der Waals surface area contributed by atoms with E-state index in [0.717, 1.165) is 17.7 Å². The van der Waals surface area contributed by atoms with Crippen molar-refractivity contribution in [3.63, 3.8) is 0 Å². The number of carbonyl (C=O) groups is 1. The van der Waals surface area contributed by atoms with Crippen molar-refractivity contribution >= 4 is 11.7 Å². The third-order valence-electron chi connectivity index (χ3n) is 2.89. The Bertz CT molecular complexity index is 639. The number of aromatic carboxylic acids is 1. The number of anilines is 1. The Morgan fingerprint density at radius 2 is 1.76 bits per heavy atom. The van der Waals surface area contributed by atoms with Crippen molar-refractivity contribution in [3.8, 4) is 0 Å². The molecule has 0 aliphatic carbocycles. The molecule has 0 heterocycles. The highest BCUT2D eigenvalue weighted by Gasteiger charge is 2.35. The van der Waals surface area contributed by atoms with Crippen LogP contribution in [-0.2, 0) is 12.7 Å². The molecule has 3 nitrogen and oxygen atoms in total. The van der Waals surface area contributed by atoms with Gasteiger partial charge in [-0.25, -0.2) is 4.79 Å². The monoisotopic (exact) mass is 295 g/mol. The molecule has 0 aliphatic heterocycles. The van der Waals surface area contributed by atoms with Gasteiger partial charge in [-0.1, -0.05) is 30.3 Å². The first-order chi connectivity index (χ1) is 9.88. The van der Waals surface area contributed by atoms with Crippen LogP contribution in [0, 0.1) is 0 Å². The van der Waals surface area contributed by atoms with Gasteiger partial charge in [0, 0.05) is 12.2 Å². The van der Waals surface area contributed by atoms with Crippen LogP contribution in [-0.4, -0.2) is 11.1 Å². The summed E-state index contributed by atoms with van der Waals surface area (Å²) in [7, 11) is 0. The van der Waals surface area contributed by atoms with Crippen molar-refractivity contribution in [1.82, 2.24) is 0 Å². The SMILES string of the molecule is O=C(O)c1ccc(NCc2ccccc2)cc1C(F)(F)F. The lowest BCUT2D eigenvalue weighted by Gasteiger charge is -2.13. The van der Waals surface area contributed by atoms with Crippen LogP contribution in [0.15, 0.2) is 48.5 Å². The number of hydrogen-bond acceptors (Lipinski definition) is 2. The maximum Gasteiger partial charge on any atom is 0.417 e. The van der Waals surface area contributed by atoms with E-state index in [1.54, 1.807) is 0 Å². The minimum absolute atomic E-state index is 0.219. The van der Waals surface area contributed by atoms with E-state index in [-0.39, 0.29) is 5.69 Å². The van der Waals surface area contributed by atoms with E-state index in [9.17, 15) is 18.0 Å². The van der Waals surface area contributed by atoms with E-state index >= 15 is 0 Å². The second kappa shape index (κ2) is 5.87. The molecule has 0 amide bonds. The van der Waals surface area contributed by atoms with Gasteiger partial charge in [0.2, 0.25) is 0 Å². The van der Waals surface area contributed by atoms with Gasteiger partial charge >= 0.3 is 12.1 Å². The lowest BCUT2D eigenvalue weighted by Crippen LogP contribution is -2.13. The Kier molecular flexibility index (Phi) is 4.16. The summed E-state index contributed by atoms with van der Waals surface area (Å²) >= 11 is 0. The molecule has 0 unspecified atom stereocenters. The lowest BCUT2D eigenvalue weighted by molar-refractivity contribution is -0.138. The molecular weight excluding hydrogens is 283 g/mol. The minimum atomic E-state index is -4.71. The van der Waals surface area contributed by atoms with E-state index < -0.39 is 23.3 Å². The molecule has 0 radical (unpaired) electrons. The number of benzene rings is 2. The smallest absolute Gasteiger partial charge is 0.417 e. The van der Waals surface area contributed by atoms with Crippen molar-refractivity contribution in [1.29, 1.82) is 0 Å². The van der Waals surface area contributed by atoms with Gasteiger partial charge in [-0.15, -0.1) is 0 Å². The molecule has 2 aromatic rings. The molecule has 2 rings (SSSR count). The molecule has 0 bridgehead atoms. The van der Waals surface area contributed by atoms with Crippen molar-refractivity contribution in [2.24, 2.45) is 0 Å². The third-order valence-corrected chi connectivity index (χ3v) is 2.89. The predicted molar refractivity (Wildman–Crippen MR) is 72.2 cm³/mol. The molecule has 0 aliphatic rings. The molecule has 0 spiro atoms. The van der Waals surface area contributed by atoms with Crippen molar-refractivity contribution in [3.05, 3.63) is 65.2 Å². The van der Waals surface area contributed by atoms with Gasteiger partial charge in [0.15, 0.2) is 0 Å². The second-order valence-corrected chi connectivity index (χ2v) is 4.40. The van der Waals surface area contributed by atoms with Gasteiger partial charge in [0.1, 0.15) is 0 Å². The molecule has 0 atom stereocenters. The molecule has 21 heavy (non-hydrogen) atoms. The maximum absolute atomic E-state index is 12.9. The zero-order chi connectivity index (χ0) is 15.5. The molecular formula is C15H12F3NO2. The summed E-state index contributed by atoms with van der Waals surface area (Å²) in [4.78, 5) is 10.8. The molecule has 0 saturated heterocycles. The number of carboxylic acids is 1. The van der Waals surface area contributed by atoms with Crippen LogP contribution in [0.25, 0.3) is 0 Å². The number of nitrogens with one attached hydrogen (secondary N) is 1. The van der Waals surface area contributed by atoms with Crippen LogP contribution in [0.2, 0.25) is 0 Å². The third kappa shape index (κ3) is 3.75. The van der Waals surface area contributed by atoms with Crippen molar-refractivity contribution < 1.29 is 23.1 Å². The molecule has 2 N–H and O–H groups in total. The lowest BCUT2D eigenvalue weighted by atomic mass is 10.1. The van der Waals surface area contributed by atoms with Gasteiger partial charge in [-0.2, -0.15) is 13.2 Å². The van der Waals surface area contributed by atoms with Gasteiger partial charge in [0.05, 0.1) is 11.1 Å². The average Bonchev–Trinajstić information content (AvgIpc) is 2.45. The Morgan fingerprint density at radius 1 is 1.10 bits per heavy atom. The standard InChI is InChI=1S/C15H12F3NO2/c16-15(17,18)13-8-11(6-7-12(13)14(20)21)19-9-10-4-2-1-3-5-10/h1-8,19H,9H2,(H,20,21). The summed E-state index contributed by atoms with van der Waals surface area (Å²) in [5, 5.41) is 11.7. The van der Waals surface area contributed by atoms with Crippen LogP contribution >= 0.6 is 0 Å². The average molecular weight is 295 g/mol. The molecule has 110 valence electrons. The number of halogens is 3. The summed E-state index contributed by atoms with van der Waals surface area (Å²) in [5.74, 6) is -1.60. The highest BCUT2D eigenvalue weighted by molar-refractivity contribution is 5.90. The summed E-state index contributed by atoms with van der Waals surface area (Å²) in [6, 6.07) is 12.3. The fraction of sp³-hybridized carbons (Fsp3) is 0.133. The van der Waals surface area contributed by atoms with Crippen LogP contribution < -0.4 is 5.32 Å². The Labute approximate surface area is 119 Å². The Morgan fingerprint density at radius 3 is 2.33 bits per heavy atom. The van der Waals surface area contributed by atoms with E-state index in [1.807, 2.05) is 30.3 Å². The topological polar surface area (TPSA) is 49.3 Å². The van der Waals surface area contributed by atoms with Crippen LogP contribution in [0.3, 0.4) is 0 Å². The maximum atomic E-state index is 12.9. The number of carboxylic acid groups (broad SMARTS) is 1. The number of alkyl halides is 3. The zero-order valence-corrected chi connectivity index (χ0v) is 10.8. The van der Waals surface area contributed by atoms with Gasteiger partial charge in [-0.05, 0) is 23.8 Å². The van der Waals surface area contributed by atoms with E-state index in [1.165, 1.54) is 6.07 Å². The van der Waals surface area contributed by atoms with Crippen LogP contribution in [0.1, 0.15) is 21.5 Å². The first-order valence-electron chi connectivity index (χ1n) is 6.10. The summed E-state index contributed by atoms with van der Waals surface area (Å²) in [6.45, 7) is 0.352. The summed E-state index contributed by atoms with van der Waals surface area (Å²) < 4.78 is 38.6. The summed E-state index contributed by atoms with van der Waals surface area (Å²) in [6.07, 6.45) is -4.71. The first-order valence-corrected chi connectivity index (χ1v) is 6.10. The molecule has 0 saturated carbocycles. The van der Waals surface area contributed by atoms with Gasteiger partial charge in [-0.3, -0.25) is 0 Å². The van der Waals surface area contributed by atoms with Crippen LogP contribution in [0.4, 0.5) is 18.9 Å². The normalized spacial score (nSPS) is 11.2. The van der Waals surface area contributed by atoms with E-state index in [2.05, 4.69) is 5.32 Å². The minimum Gasteiger partial charge on any atom is -0.478 e. The molecule has 0 aromatic heterocycles. The number of hydrogen-bond donors (Lipinski definition) is 2. The zero-order valence-electron chi connectivity index (χ0n) is 10.8. The fourth-order valence-electron chi connectivity index (χ4n) is 1.88. The predicted octanol–water partition coefficient (Wildman–Crippen LogP) is 4.02.